The molecule has 0 aromatic heterocycles. The molecule has 0 radical (unpaired) electrons. The van der Waals surface area contributed by atoms with Crippen molar-refractivity contribution in [2.45, 2.75) is 84.7 Å². The maximum absolute atomic E-state index is 6.28. The van der Waals surface area contributed by atoms with Crippen molar-refractivity contribution < 1.29 is 14.2 Å². The Labute approximate surface area is 125 Å². The average Bonchev–Trinajstić information content (AvgIpc) is 2.43. The van der Waals surface area contributed by atoms with E-state index >= 15 is 0 Å². The Morgan fingerprint density at radius 3 is 1.65 bits per heavy atom. The van der Waals surface area contributed by atoms with Gasteiger partial charge in [0, 0.05) is 19.8 Å². The average molecular weight is 289 g/mol. The van der Waals surface area contributed by atoms with Gasteiger partial charge >= 0.3 is 0 Å². The third-order valence-corrected chi connectivity index (χ3v) is 3.36. The first-order chi connectivity index (χ1) is 9.66. The summed E-state index contributed by atoms with van der Waals surface area (Å²) in [5.41, 5.74) is 6.28. The van der Waals surface area contributed by atoms with Gasteiger partial charge < -0.3 is 19.9 Å². The van der Waals surface area contributed by atoms with Gasteiger partial charge in [0.2, 0.25) is 0 Å². The number of hydrogen-bond acceptors (Lipinski definition) is 4. The van der Waals surface area contributed by atoms with Crippen molar-refractivity contribution in [3.05, 3.63) is 0 Å². The zero-order valence-corrected chi connectivity index (χ0v) is 14.0. The van der Waals surface area contributed by atoms with Gasteiger partial charge in [-0.15, -0.1) is 0 Å². The molecule has 0 aliphatic carbocycles. The van der Waals surface area contributed by atoms with Crippen LogP contribution in [0.2, 0.25) is 0 Å². The minimum atomic E-state index is -1.07. The number of ether oxygens (including phenoxy) is 3. The molecule has 0 aliphatic rings. The molecule has 0 fully saturated rings. The minimum absolute atomic E-state index is 0.242. The smallest absolute Gasteiger partial charge is 0.299 e. The third kappa shape index (κ3) is 7.58. The quantitative estimate of drug-likeness (QED) is 0.390. The van der Waals surface area contributed by atoms with Gasteiger partial charge in [-0.2, -0.15) is 0 Å². The minimum Gasteiger partial charge on any atom is -0.327 e. The van der Waals surface area contributed by atoms with Gasteiger partial charge in [0.25, 0.3) is 5.97 Å². The highest BCUT2D eigenvalue weighted by Gasteiger charge is 2.39. The van der Waals surface area contributed by atoms with Gasteiger partial charge in [0.15, 0.2) is 0 Å². The largest absolute Gasteiger partial charge is 0.327 e. The fourth-order valence-electron chi connectivity index (χ4n) is 2.37. The molecule has 0 unspecified atom stereocenters. The molecule has 0 aromatic rings. The maximum atomic E-state index is 6.28. The van der Waals surface area contributed by atoms with Gasteiger partial charge in [0.05, 0.1) is 6.04 Å². The molecule has 2 N–H and O–H groups in total. The second kappa shape index (κ2) is 12.6. The van der Waals surface area contributed by atoms with Crippen molar-refractivity contribution in [2.75, 3.05) is 19.8 Å². The lowest BCUT2D eigenvalue weighted by atomic mass is 10.0. The molecule has 4 heteroatoms. The summed E-state index contributed by atoms with van der Waals surface area (Å²) >= 11 is 0. The molecule has 1 atom stereocenters. The molecule has 0 saturated heterocycles. The Morgan fingerprint density at radius 2 is 1.20 bits per heavy atom. The lowest BCUT2D eigenvalue weighted by Gasteiger charge is -2.37. The molecule has 0 aliphatic heterocycles. The van der Waals surface area contributed by atoms with Crippen LogP contribution in [0.5, 0.6) is 0 Å². The summed E-state index contributed by atoms with van der Waals surface area (Å²) in [5, 5.41) is 0. The van der Waals surface area contributed by atoms with E-state index in [0.717, 1.165) is 12.8 Å². The Balaban J connectivity index is 4.20. The summed E-state index contributed by atoms with van der Waals surface area (Å²) in [7, 11) is 0. The standard InChI is InChI=1S/C16H35NO3/c1-5-9-10-11-12-13-14-15(17)16(18-6-2,19-7-3)20-8-4/h15H,5-14,17H2,1-4H3/t15-/m1/s1. The number of unbranched alkanes of at least 4 members (excludes halogenated alkanes) is 5. The molecule has 0 aromatic carbocycles. The molecular weight excluding hydrogens is 254 g/mol. The fourth-order valence-corrected chi connectivity index (χ4v) is 2.37. The summed E-state index contributed by atoms with van der Waals surface area (Å²) in [6.07, 6.45) is 8.39. The SMILES string of the molecule is CCCCCCCC[C@@H](N)C(OCC)(OCC)OCC. The van der Waals surface area contributed by atoms with E-state index in [2.05, 4.69) is 6.92 Å². The van der Waals surface area contributed by atoms with Crippen LogP contribution < -0.4 is 5.73 Å². The van der Waals surface area contributed by atoms with Crippen LogP contribution in [0, 0.1) is 0 Å². The lowest BCUT2D eigenvalue weighted by Crippen LogP contribution is -2.54. The molecule has 0 saturated carbocycles. The molecule has 0 rings (SSSR count). The summed E-state index contributed by atoms with van der Waals surface area (Å²) in [6, 6.07) is -0.242. The summed E-state index contributed by atoms with van der Waals surface area (Å²) in [6.45, 7) is 9.63. The van der Waals surface area contributed by atoms with E-state index in [-0.39, 0.29) is 6.04 Å². The van der Waals surface area contributed by atoms with E-state index in [1.165, 1.54) is 32.1 Å². The number of rotatable bonds is 14. The van der Waals surface area contributed by atoms with Crippen LogP contribution in [-0.4, -0.2) is 31.8 Å². The first-order valence-electron chi connectivity index (χ1n) is 8.34. The second-order valence-electron chi connectivity index (χ2n) is 5.07. The lowest BCUT2D eigenvalue weighted by molar-refractivity contribution is -0.386. The molecule has 0 bridgehead atoms. The van der Waals surface area contributed by atoms with Crippen LogP contribution in [0.25, 0.3) is 0 Å². The van der Waals surface area contributed by atoms with Crippen LogP contribution in [0.15, 0.2) is 0 Å². The van der Waals surface area contributed by atoms with Gasteiger partial charge in [-0.25, -0.2) is 0 Å². The van der Waals surface area contributed by atoms with Crippen LogP contribution in [0.4, 0.5) is 0 Å². The molecule has 0 amide bonds. The highest BCUT2D eigenvalue weighted by molar-refractivity contribution is 4.75. The van der Waals surface area contributed by atoms with Crippen molar-refractivity contribution in [1.82, 2.24) is 0 Å². The van der Waals surface area contributed by atoms with Crippen LogP contribution in [0.1, 0.15) is 72.6 Å². The van der Waals surface area contributed by atoms with Crippen molar-refractivity contribution in [3.63, 3.8) is 0 Å². The van der Waals surface area contributed by atoms with E-state index in [4.69, 9.17) is 19.9 Å². The summed E-state index contributed by atoms with van der Waals surface area (Å²) < 4.78 is 17.1. The first-order valence-corrected chi connectivity index (χ1v) is 8.34. The highest BCUT2D eigenvalue weighted by Crippen LogP contribution is 2.23. The Hall–Kier alpha value is -0.160. The van der Waals surface area contributed by atoms with Crippen molar-refractivity contribution in [3.8, 4) is 0 Å². The van der Waals surface area contributed by atoms with Gasteiger partial charge in [-0.1, -0.05) is 45.4 Å². The predicted octanol–water partition coefficient (Wildman–Crippen LogP) is 3.83. The zero-order valence-electron chi connectivity index (χ0n) is 14.0. The zero-order chi connectivity index (χ0) is 15.3. The second-order valence-corrected chi connectivity index (χ2v) is 5.07. The molecule has 0 heterocycles. The third-order valence-electron chi connectivity index (χ3n) is 3.36. The summed E-state index contributed by atoms with van der Waals surface area (Å²) in [5.74, 6) is -1.07. The van der Waals surface area contributed by atoms with Crippen molar-refractivity contribution >= 4 is 0 Å². The number of nitrogens with two attached hydrogens (primary N) is 1. The number of hydrogen-bond donors (Lipinski definition) is 1. The van der Waals surface area contributed by atoms with Gasteiger partial charge in [0.1, 0.15) is 0 Å². The summed E-state index contributed by atoms with van der Waals surface area (Å²) in [4.78, 5) is 0. The fraction of sp³-hybridized carbons (Fsp3) is 1.00. The van der Waals surface area contributed by atoms with E-state index in [9.17, 15) is 0 Å². The van der Waals surface area contributed by atoms with Crippen LogP contribution in [-0.2, 0) is 14.2 Å². The van der Waals surface area contributed by atoms with Gasteiger partial charge in [-0.05, 0) is 27.2 Å². The highest BCUT2D eigenvalue weighted by atomic mass is 16.9. The Morgan fingerprint density at radius 1 is 0.750 bits per heavy atom. The van der Waals surface area contributed by atoms with Gasteiger partial charge in [-0.3, -0.25) is 0 Å². The Kier molecular flexibility index (Phi) is 12.5. The maximum Gasteiger partial charge on any atom is 0.299 e. The van der Waals surface area contributed by atoms with E-state index in [0.29, 0.717) is 19.8 Å². The van der Waals surface area contributed by atoms with Crippen LogP contribution >= 0.6 is 0 Å². The van der Waals surface area contributed by atoms with E-state index in [1.54, 1.807) is 0 Å². The molecule has 4 nitrogen and oxygen atoms in total. The Bertz CT molecular complexity index is 195. The molecule has 20 heavy (non-hydrogen) atoms. The molecule has 0 spiro atoms. The normalized spacial score (nSPS) is 13.7. The van der Waals surface area contributed by atoms with Crippen LogP contribution in [0.3, 0.4) is 0 Å². The van der Waals surface area contributed by atoms with E-state index < -0.39 is 5.97 Å². The predicted molar refractivity (Wildman–Crippen MR) is 83.6 cm³/mol. The monoisotopic (exact) mass is 289 g/mol. The first kappa shape index (κ1) is 19.8. The topological polar surface area (TPSA) is 53.7 Å². The van der Waals surface area contributed by atoms with Crippen molar-refractivity contribution in [2.24, 2.45) is 5.73 Å². The molecule has 122 valence electrons. The van der Waals surface area contributed by atoms with Crippen molar-refractivity contribution in [1.29, 1.82) is 0 Å². The molecular formula is C16H35NO3. The van der Waals surface area contributed by atoms with E-state index in [1.807, 2.05) is 20.8 Å².